The van der Waals surface area contributed by atoms with Gasteiger partial charge in [0.2, 0.25) is 0 Å². The molecule has 0 radical (unpaired) electrons. The van der Waals surface area contributed by atoms with Gasteiger partial charge in [0.05, 0.1) is 0 Å². The van der Waals surface area contributed by atoms with Crippen LogP contribution in [0.5, 0.6) is 0 Å². The largest absolute Gasteiger partial charge is 0.207 e. The summed E-state index contributed by atoms with van der Waals surface area (Å²) in [6.45, 7) is 2.19. The molecule has 66 valence electrons. The second-order valence-corrected chi connectivity index (χ2v) is 3.08. The van der Waals surface area contributed by atoms with E-state index in [4.69, 9.17) is 0 Å². The van der Waals surface area contributed by atoms with Gasteiger partial charge >= 0.3 is 0 Å². The van der Waals surface area contributed by atoms with Crippen LogP contribution in [-0.4, -0.2) is 0 Å². The standard InChI is InChI=1S/C11H15F/c1-2-3-4-5-10-6-8-11(12)9-7-10/h6-9H,2-5H2,1H3. The average Bonchev–Trinajstić information content (AvgIpc) is 2.09. The quantitative estimate of drug-likeness (QED) is 0.600. The lowest BCUT2D eigenvalue weighted by Gasteiger charge is -1.99. The minimum absolute atomic E-state index is 0.144. The van der Waals surface area contributed by atoms with Crippen LogP contribution >= 0.6 is 0 Å². The summed E-state index contributed by atoms with van der Waals surface area (Å²) in [6.07, 6.45) is 4.79. The highest BCUT2D eigenvalue weighted by molar-refractivity contribution is 5.15. The molecule has 0 heterocycles. The normalized spacial score (nSPS) is 10.2. The maximum Gasteiger partial charge on any atom is 0.123 e. The Morgan fingerprint density at radius 2 is 1.75 bits per heavy atom. The third-order valence-corrected chi connectivity index (χ3v) is 1.98. The van der Waals surface area contributed by atoms with Crippen molar-refractivity contribution in [1.82, 2.24) is 0 Å². The molecule has 0 N–H and O–H groups in total. The van der Waals surface area contributed by atoms with Gasteiger partial charge in [0, 0.05) is 0 Å². The van der Waals surface area contributed by atoms with Crippen molar-refractivity contribution < 1.29 is 4.39 Å². The van der Waals surface area contributed by atoms with E-state index in [1.54, 1.807) is 0 Å². The molecule has 0 unspecified atom stereocenters. The van der Waals surface area contributed by atoms with Crippen LogP contribution in [0.2, 0.25) is 0 Å². The third-order valence-electron chi connectivity index (χ3n) is 1.98. The van der Waals surface area contributed by atoms with Gasteiger partial charge in [0.25, 0.3) is 0 Å². The Bertz CT molecular complexity index is 213. The van der Waals surface area contributed by atoms with Crippen LogP contribution in [0.15, 0.2) is 24.3 Å². The number of halogens is 1. The highest BCUT2D eigenvalue weighted by Crippen LogP contribution is 2.07. The monoisotopic (exact) mass is 166 g/mol. The molecule has 0 aromatic heterocycles. The van der Waals surface area contributed by atoms with Crippen molar-refractivity contribution in [3.63, 3.8) is 0 Å². The van der Waals surface area contributed by atoms with Gasteiger partial charge in [0.15, 0.2) is 0 Å². The summed E-state index contributed by atoms with van der Waals surface area (Å²) in [5, 5.41) is 0. The van der Waals surface area contributed by atoms with E-state index < -0.39 is 0 Å². The van der Waals surface area contributed by atoms with Crippen LogP contribution < -0.4 is 0 Å². The van der Waals surface area contributed by atoms with Crippen molar-refractivity contribution in [2.45, 2.75) is 32.6 Å². The van der Waals surface area contributed by atoms with Crippen LogP contribution in [0.4, 0.5) is 4.39 Å². The van der Waals surface area contributed by atoms with Crippen LogP contribution in [0.25, 0.3) is 0 Å². The second kappa shape index (κ2) is 4.91. The summed E-state index contributed by atoms with van der Waals surface area (Å²) >= 11 is 0. The van der Waals surface area contributed by atoms with Gasteiger partial charge in [-0.2, -0.15) is 0 Å². The van der Waals surface area contributed by atoms with E-state index in [1.807, 2.05) is 12.1 Å². The fourth-order valence-electron chi connectivity index (χ4n) is 1.23. The zero-order valence-corrected chi connectivity index (χ0v) is 7.52. The number of unbranched alkanes of at least 4 members (excludes halogenated alkanes) is 2. The van der Waals surface area contributed by atoms with E-state index in [9.17, 15) is 4.39 Å². The summed E-state index contributed by atoms with van der Waals surface area (Å²) in [5.74, 6) is -0.144. The molecule has 0 spiro atoms. The molecule has 12 heavy (non-hydrogen) atoms. The van der Waals surface area contributed by atoms with Crippen molar-refractivity contribution in [3.05, 3.63) is 35.6 Å². The van der Waals surface area contributed by atoms with Gasteiger partial charge < -0.3 is 0 Å². The zero-order chi connectivity index (χ0) is 8.81. The molecule has 1 rings (SSSR count). The van der Waals surface area contributed by atoms with Gasteiger partial charge in [0.1, 0.15) is 5.82 Å². The summed E-state index contributed by atoms with van der Waals surface area (Å²) in [6, 6.07) is 6.79. The number of hydrogen-bond acceptors (Lipinski definition) is 0. The SMILES string of the molecule is CCCCCc1ccc(F)cc1. The molecule has 0 amide bonds. The molecule has 1 heteroatoms. The summed E-state index contributed by atoms with van der Waals surface area (Å²) < 4.78 is 12.5. The van der Waals surface area contributed by atoms with E-state index in [1.165, 1.54) is 37.0 Å². The molecule has 0 aliphatic heterocycles. The molecule has 0 fully saturated rings. The Hall–Kier alpha value is -0.850. The van der Waals surface area contributed by atoms with Crippen LogP contribution in [-0.2, 0) is 6.42 Å². The first-order valence-electron chi connectivity index (χ1n) is 4.57. The molecule has 0 saturated heterocycles. The lowest BCUT2D eigenvalue weighted by atomic mass is 10.1. The Morgan fingerprint density at radius 3 is 2.33 bits per heavy atom. The Morgan fingerprint density at radius 1 is 1.08 bits per heavy atom. The molecule has 0 bridgehead atoms. The Kier molecular flexibility index (Phi) is 3.78. The van der Waals surface area contributed by atoms with Crippen LogP contribution in [0, 0.1) is 5.82 Å². The fraction of sp³-hybridized carbons (Fsp3) is 0.455. The first-order chi connectivity index (χ1) is 5.83. The molecular weight excluding hydrogens is 151 g/mol. The van der Waals surface area contributed by atoms with Gasteiger partial charge in [-0.05, 0) is 30.5 Å². The highest BCUT2D eigenvalue weighted by atomic mass is 19.1. The molecule has 1 aromatic carbocycles. The van der Waals surface area contributed by atoms with Gasteiger partial charge in [-0.3, -0.25) is 0 Å². The summed E-state index contributed by atoms with van der Waals surface area (Å²) in [4.78, 5) is 0. The minimum Gasteiger partial charge on any atom is -0.207 e. The predicted molar refractivity (Wildman–Crippen MR) is 49.6 cm³/mol. The number of rotatable bonds is 4. The van der Waals surface area contributed by atoms with Crippen LogP contribution in [0.3, 0.4) is 0 Å². The minimum atomic E-state index is -0.144. The van der Waals surface area contributed by atoms with Gasteiger partial charge in [-0.15, -0.1) is 0 Å². The van der Waals surface area contributed by atoms with Crippen molar-refractivity contribution in [2.75, 3.05) is 0 Å². The lowest BCUT2D eigenvalue weighted by molar-refractivity contribution is 0.626. The maximum atomic E-state index is 12.5. The first-order valence-corrected chi connectivity index (χ1v) is 4.57. The molecule has 0 aliphatic rings. The topological polar surface area (TPSA) is 0 Å². The van der Waals surface area contributed by atoms with Crippen molar-refractivity contribution >= 4 is 0 Å². The predicted octanol–water partition coefficient (Wildman–Crippen LogP) is 3.56. The molecule has 0 atom stereocenters. The van der Waals surface area contributed by atoms with E-state index in [-0.39, 0.29) is 5.82 Å². The first kappa shape index (κ1) is 9.24. The highest BCUT2D eigenvalue weighted by Gasteiger charge is 1.92. The number of aryl methyl sites for hydroxylation is 1. The summed E-state index contributed by atoms with van der Waals surface area (Å²) in [5.41, 5.74) is 1.24. The van der Waals surface area contributed by atoms with E-state index >= 15 is 0 Å². The van der Waals surface area contributed by atoms with E-state index in [2.05, 4.69) is 6.92 Å². The zero-order valence-electron chi connectivity index (χ0n) is 7.52. The third kappa shape index (κ3) is 3.04. The molecule has 0 nitrogen and oxygen atoms in total. The van der Waals surface area contributed by atoms with Crippen molar-refractivity contribution in [2.24, 2.45) is 0 Å². The van der Waals surface area contributed by atoms with E-state index in [0.717, 1.165) is 6.42 Å². The van der Waals surface area contributed by atoms with Gasteiger partial charge in [-0.1, -0.05) is 31.9 Å². The Labute approximate surface area is 73.4 Å². The van der Waals surface area contributed by atoms with Crippen molar-refractivity contribution in [1.29, 1.82) is 0 Å². The van der Waals surface area contributed by atoms with E-state index in [0.29, 0.717) is 0 Å². The summed E-state index contributed by atoms with van der Waals surface area (Å²) in [7, 11) is 0. The number of benzene rings is 1. The lowest BCUT2D eigenvalue weighted by Crippen LogP contribution is -1.85. The molecule has 0 saturated carbocycles. The van der Waals surface area contributed by atoms with Crippen molar-refractivity contribution in [3.8, 4) is 0 Å². The second-order valence-electron chi connectivity index (χ2n) is 3.08. The fourth-order valence-corrected chi connectivity index (χ4v) is 1.23. The average molecular weight is 166 g/mol. The smallest absolute Gasteiger partial charge is 0.123 e. The maximum absolute atomic E-state index is 12.5. The number of hydrogen-bond donors (Lipinski definition) is 0. The molecule has 1 aromatic rings. The Balaban J connectivity index is 2.37. The molecule has 0 aliphatic carbocycles. The van der Waals surface area contributed by atoms with Gasteiger partial charge in [-0.25, -0.2) is 4.39 Å². The molecular formula is C11H15F. The van der Waals surface area contributed by atoms with Crippen LogP contribution in [0.1, 0.15) is 31.7 Å².